The fraction of sp³-hybridized carbons (Fsp3) is 0.438. The first-order valence-corrected chi connectivity index (χ1v) is 8.69. The van der Waals surface area contributed by atoms with Crippen molar-refractivity contribution in [2.24, 2.45) is 5.41 Å². The highest BCUT2D eigenvalue weighted by Gasteiger charge is 2.27. The molecule has 5 nitrogen and oxygen atoms in total. The van der Waals surface area contributed by atoms with E-state index in [9.17, 15) is 4.79 Å². The van der Waals surface area contributed by atoms with Crippen LogP contribution in [0, 0.1) is 5.41 Å². The van der Waals surface area contributed by atoms with Gasteiger partial charge in [0.1, 0.15) is 5.01 Å². The molecule has 0 aliphatic rings. The normalized spacial score (nSPS) is 11.3. The Hall–Kier alpha value is -1.66. The molecule has 2 aromatic rings. The van der Waals surface area contributed by atoms with Crippen LogP contribution in [0.4, 0.5) is 5.13 Å². The van der Waals surface area contributed by atoms with Crippen LogP contribution in [0.5, 0.6) is 0 Å². The Morgan fingerprint density at radius 2 is 1.96 bits per heavy atom. The van der Waals surface area contributed by atoms with Crippen LogP contribution in [0.1, 0.15) is 31.3 Å². The van der Waals surface area contributed by atoms with E-state index in [1.165, 1.54) is 11.3 Å². The SMILES string of the molecule is CCNC(=O)C(C)(C)CNc1nnc(Cc2ccc(Cl)cc2)s1. The van der Waals surface area contributed by atoms with E-state index in [-0.39, 0.29) is 5.91 Å². The van der Waals surface area contributed by atoms with E-state index in [4.69, 9.17) is 11.6 Å². The number of nitrogens with one attached hydrogen (secondary N) is 2. The number of nitrogens with zero attached hydrogens (tertiary/aromatic N) is 2. The van der Waals surface area contributed by atoms with E-state index in [0.717, 1.165) is 27.1 Å². The Morgan fingerprint density at radius 1 is 1.26 bits per heavy atom. The number of carbonyl (C=O) groups excluding carboxylic acids is 1. The second kappa shape index (κ2) is 7.75. The molecule has 124 valence electrons. The van der Waals surface area contributed by atoms with Gasteiger partial charge >= 0.3 is 0 Å². The number of hydrogen-bond donors (Lipinski definition) is 2. The second-order valence-electron chi connectivity index (χ2n) is 5.90. The number of amides is 1. The van der Waals surface area contributed by atoms with Crippen molar-refractivity contribution in [3.8, 4) is 0 Å². The molecular formula is C16H21ClN4OS. The molecule has 0 saturated heterocycles. The maximum Gasteiger partial charge on any atom is 0.227 e. The Kier molecular flexibility index (Phi) is 5.96. The molecule has 2 N–H and O–H groups in total. The average molecular weight is 353 g/mol. The van der Waals surface area contributed by atoms with Gasteiger partial charge in [0.15, 0.2) is 0 Å². The van der Waals surface area contributed by atoms with Gasteiger partial charge in [0.05, 0.1) is 5.41 Å². The summed E-state index contributed by atoms with van der Waals surface area (Å²) < 4.78 is 0. The zero-order valence-electron chi connectivity index (χ0n) is 13.5. The minimum atomic E-state index is -0.502. The summed E-state index contributed by atoms with van der Waals surface area (Å²) in [5.74, 6) is 0.0263. The lowest BCUT2D eigenvalue weighted by Crippen LogP contribution is -2.41. The fourth-order valence-electron chi connectivity index (χ4n) is 1.95. The summed E-state index contributed by atoms with van der Waals surface area (Å²) in [4.78, 5) is 12.0. The van der Waals surface area contributed by atoms with E-state index in [1.54, 1.807) is 0 Å². The van der Waals surface area contributed by atoms with Crippen LogP contribution in [0.2, 0.25) is 5.02 Å². The average Bonchev–Trinajstić information content (AvgIpc) is 2.95. The molecule has 0 aliphatic carbocycles. The highest BCUT2D eigenvalue weighted by atomic mass is 35.5. The number of aromatic nitrogens is 2. The molecule has 1 amide bonds. The smallest absolute Gasteiger partial charge is 0.227 e. The minimum Gasteiger partial charge on any atom is -0.359 e. The first-order chi connectivity index (χ1) is 10.9. The van der Waals surface area contributed by atoms with Crippen molar-refractivity contribution in [3.05, 3.63) is 39.9 Å². The van der Waals surface area contributed by atoms with Crippen molar-refractivity contribution < 1.29 is 4.79 Å². The van der Waals surface area contributed by atoms with E-state index in [1.807, 2.05) is 45.0 Å². The van der Waals surface area contributed by atoms with Crippen molar-refractivity contribution in [2.75, 3.05) is 18.4 Å². The third-order valence-corrected chi connectivity index (χ3v) is 4.50. The lowest BCUT2D eigenvalue weighted by atomic mass is 9.92. The van der Waals surface area contributed by atoms with Crippen LogP contribution in [-0.4, -0.2) is 29.2 Å². The maximum atomic E-state index is 12.0. The van der Waals surface area contributed by atoms with Crippen LogP contribution < -0.4 is 10.6 Å². The van der Waals surface area contributed by atoms with Crippen molar-refractivity contribution in [1.82, 2.24) is 15.5 Å². The van der Waals surface area contributed by atoms with Crippen molar-refractivity contribution in [3.63, 3.8) is 0 Å². The highest BCUT2D eigenvalue weighted by Crippen LogP contribution is 2.22. The van der Waals surface area contributed by atoms with Crippen molar-refractivity contribution in [2.45, 2.75) is 27.2 Å². The van der Waals surface area contributed by atoms with E-state index in [2.05, 4.69) is 20.8 Å². The molecule has 1 aromatic heterocycles. The number of rotatable bonds is 7. The molecular weight excluding hydrogens is 332 g/mol. The van der Waals surface area contributed by atoms with Gasteiger partial charge in [-0.25, -0.2) is 0 Å². The second-order valence-corrected chi connectivity index (χ2v) is 7.40. The van der Waals surface area contributed by atoms with Gasteiger partial charge in [-0.05, 0) is 38.5 Å². The third kappa shape index (κ3) is 5.18. The maximum absolute atomic E-state index is 12.0. The molecule has 0 radical (unpaired) electrons. The molecule has 0 saturated carbocycles. The van der Waals surface area contributed by atoms with Gasteiger partial charge in [-0.15, -0.1) is 10.2 Å². The molecule has 1 heterocycles. The topological polar surface area (TPSA) is 66.9 Å². The molecule has 1 aromatic carbocycles. The zero-order valence-corrected chi connectivity index (χ0v) is 15.1. The van der Waals surface area contributed by atoms with Gasteiger partial charge in [0.25, 0.3) is 0 Å². The number of halogens is 1. The van der Waals surface area contributed by atoms with E-state index < -0.39 is 5.41 Å². The highest BCUT2D eigenvalue weighted by molar-refractivity contribution is 7.15. The molecule has 7 heteroatoms. The molecule has 0 unspecified atom stereocenters. The molecule has 0 bridgehead atoms. The van der Waals surface area contributed by atoms with Crippen LogP contribution >= 0.6 is 22.9 Å². The Labute approximate surface area is 145 Å². The van der Waals surface area contributed by atoms with Crippen molar-refractivity contribution in [1.29, 1.82) is 0 Å². The van der Waals surface area contributed by atoms with Crippen LogP contribution in [0.25, 0.3) is 0 Å². The molecule has 0 spiro atoms. The summed E-state index contributed by atoms with van der Waals surface area (Å²) in [7, 11) is 0. The van der Waals surface area contributed by atoms with Gasteiger partial charge in [-0.1, -0.05) is 35.1 Å². The predicted molar refractivity (Wildman–Crippen MR) is 95.1 cm³/mol. The third-order valence-electron chi connectivity index (χ3n) is 3.37. The molecule has 23 heavy (non-hydrogen) atoms. The Morgan fingerprint density at radius 3 is 2.61 bits per heavy atom. The van der Waals surface area contributed by atoms with Crippen LogP contribution in [0.15, 0.2) is 24.3 Å². The summed E-state index contributed by atoms with van der Waals surface area (Å²) in [6.07, 6.45) is 0.718. The number of anilines is 1. The van der Waals surface area contributed by atoms with Gasteiger partial charge in [-0.2, -0.15) is 0 Å². The van der Waals surface area contributed by atoms with E-state index >= 15 is 0 Å². The molecule has 2 rings (SSSR count). The largest absolute Gasteiger partial charge is 0.359 e. The molecule has 0 aliphatic heterocycles. The minimum absolute atomic E-state index is 0.0263. The summed E-state index contributed by atoms with van der Waals surface area (Å²) in [5.41, 5.74) is 0.637. The van der Waals surface area contributed by atoms with Crippen LogP contribution in [0.3, 0.4) is 0 Å². The van der Waals surface area contributed by atoms with Gasteiger partial charge in [-0.3, -0.25) is 4.79 Å². The van der Waals surface area contributed by atoms with Crippen molar-refractivity contribution >= 4 is 34.0 Å². The summed E-state index contributed by atoms with van der Waals surface area (Å²) in [6.45, 7) is 6.86. The quantitative estimate of drug-likeness (QED) is 0.801. The lowest BCUT2D eigenvalue weighted by molar-refractivity contribution is -0.128. The number of benzene rings is 1. The monoisotopic (exact) mass is 352 g/mol. The fourth-order valence-corrected chi connectivity index (χ4v) is 2.85. The standard InChI is InChI=1S/C16H21ClN4OS/c1-4-18-14(22)16(2,3)10-19-15-21-20-13(23-15)9-11-5-7-12(17)8-6-11/h5-8H,4,9-10H2,1-3H3,(H,18,22)(H,19,21). The Balaban J connectivity index is 1.92. The summed E-state index contributed by atoms with van der Waals surface area (Å²) in [5, 5.41) is 16.7. The number of carbonyl (C=O) groups is 1. The molecule has 0 atom stereocenters. The summed E-state index contributed by atoms with van der Waals surface area (Å²) in [6, 6.07) is 7.70. The van der Waals surface area contributed by atoms with E-state index in [0.29, 0.717) is 13.1 Å². The summed E-state index contributed by atoms with van der Waals surface area (Å²) >= 11 is 7.38. The predicted octanol–water partition coefficient (Wildman–Crippen LogP) is 3.36. The lowest BCUT2D eigenvalue weighted by Gasteiger charge is -2.23. The Bertz CT molecular complexity index is 654. The number of hydrogen-bond acceptors (Lipinski definition) is 5. The van der Waals surface area contributed by atoms with Gasteiger partial charge < -0.3 is 10.6 Å². The zero-order chi connectivity index (χ0) is 16.9. The van der Waals surface area contributed by atoms with Gasteiger partial charge in [0.2, 0.25) is 11.0 Å². The van der Waals surface area contributed by atoms with Crippen LogP contribution in [-0.2, 0) is 11.2 Å². The first-order valence-electron chi connectivity index (χ1n) is 7.49. The van der Waals surface area contributed by atoms with Gasteiger partial charge in [0, 0.05) is 24.5 Å². The first kappa shape index (κ1) is 17.7. The molecule has 0 fully saturated rings.